The van der Waals surface area contributed by atoms with Gasteiger partial charge in [-0.25, -0.2) is 0 Å². The number of likely N-dealkylation sites (N-methyl/N-ethyl adjacent to an activating group) is 1. The van der Waals surface area contributed by atoms with E-state index >= 15 is 0 Å². The average Bonchev–Trinajstić information content (AvgIpc) is 2.82. The Kier molecular flexibility index (Phi) is 5.45. The second kappa shape index (κ2) is 6.88. The molecular formula is C14H15Br2NOS. The molecular weight excluding hydrogens is 390 g/mol. The number of hydrogen-bond acceptors (Lipinski definition) is 3. The van der Waals surface area contributed by atoms with Gasteiger partial charge in [0.15, 0.2) is 0 Å². The van der Waals surface area contributed by atoms with E-state index < -0.39 is 0 Å². The molecule has 0 fully saturated rings. The Balaban J connectivity index is 2.26. The number of thiophene rings is 1. The van der Waals surface area contributed by atoms with E-state index in [-0.39, 0.29) is 6.04 Å². The maximum atomic E-state index is 5.31. The van der Waals surface area contributed by atoms with Gasteiger partial charge in [-0.05, 0) is 58.9 Å². The van der Waals surface area contributed by atoms with Crippen LogP contribution in [0.3, 0.4) is 0 Å². The Morgan fingerprint density at radius 3 is 2.63 bits per heavy atom. The number of ether oxygens (including phenoxy) is 1. The summed E-state index contributed by atoms with van der Waals surface area (Å²) in [7, 11) is 3.68. The number of benzene rings is 1. The molecule has 5 heteroatoms. The van der Waals surface area contributed by atoms with Crippen molar-refractivity contribution in [3.8, 4) is 5.75 Å². The molecule has 2 rings (SSSR count). The second-order valence-electron chi connectivity index (χ2n) is 4.14. The number of halogens is 2. The van der Waals surface area contributed by atoms with E-state index in [2.05, 4.69) is 55.4 Å². The highest BCUT2D eigenvalue weighted by molar-refractivity contribution is 9.11. The van der Waals surface area contributed by atoms with E-state index in [1.54, 1.807) is 18.4 Å². The zero-order chi connectivity index (χ0) is 13.8. The monoisotopic (exact) mass is 403 g/mol. The van der Waals surface area contributed by atoms with Crippen molar-refractivity contribution in [3.63, 3.8) is 0 Å². The van der Waals surface area contributed by atoms with Crippen LogP contribution in [0.2, 0.25) is 0 Å². The summed E-state index contributed by atoms with van der Waals surface area (Å²) in [6, 6.07) is 10.6. The first-order chi connectivity index (χ1) is 9.13. The Morgan fingerprint density at radius 1 is 1.26 bits per heavy atom. The lowest BCUT2D eigenvalue weighted by atomic mass is 10.0. The van der Waals surface area contributed by atoms with E-state index in [1.807, 2.05) is 19.2 Å². The molecule has 0 radical (unpaired) electrons. The fourth-order valence-corrected chi connectivity index (χ4v) is 4.00. The lowest BCUT2D eigenvalue weighted by molar-refractivity contribution is 0.413. The first-order valence-electron chi connectivity index (χ1n) is 5.89. The fourth-order valence-electron chi connectivity index (χ4n) is 1.95. The molecule has 19 heavy (non-hydrogen) atoms. The Hall–Kier alpha value is -0.360. The first-order valence-corrected chi connectivity index (χ1v) is 8.29. The lowest BCUT2D eigenvalue weighted by Crippen LogP contribution is -2.19. The average molecular weight is 405 g/mol. The maximum Gasteiger partial charge on any atom is 0.119 e. The largest absolute Gasteiger partial charge is 0.497 e. The SMILES string of the molecule is CNC(Cc1ccc(Br)s1)c1cc(OC)ccc1Br. The van der Waals surface area contributed by atoms with Crippen LogP contribution in [0, 0.1) is 0 Å². The molecule has 2 aromatic rings. The minimum absolute atomic E-state index is 0.259. The molecule has 0 bridgehead atoms. The smallest absolute Gasteiger partial charge is 0.119 e. The van der Waals surface area contributed by atoms with Crippen LogP contribution in [0.1, 0.15) is 16.5 Å². The highest BCUT2D eigenvalue weighted by Gasteiger charge is 2.15. The van der Waals surface area contributed by atoms with Crippen molar-refractivity contribution < 1.29 is 4.74 Å². The molecule has 1 heterocycles. The molecule has 102 valence electrons. The third kappa shape index (κ3) is 3.81. The molecule has 1 unspecified atom stereocenters. The number of methoxy groups -OCH3 is 1. The fraction of sp³-hybridized carbons (Fsp3) is 0.286. The van der Waals surface area contributed by atoms with E-state index in [1.165, 1.54) is 14.2 Å². The van der Waals surface area contributed by atoms with Crippen molar-refractivity contribution >= 4 is 43.2 Å². The summed E-state index contributed by atoms with van der Waals surface area (Å²) in [5.74, 6) is 0.880. The lowest BCUT2D eigenvalue weighted by Gasteiger charge is -2.18. The minimum atomic E-state index is 0.259. The van der Waals surface area contributed by atoms with Crippen molar-refractivity contribution in [2.45, 2.75) is 12.5 Å². The summed E-state index contributed by atoms with van der Waals surface area (Å²) < 4.78 is 7.57. The Bertz CT molecular complexity index is 556. The van der Waals surface area contributed by atoms with Gasteiger partial charge in [-0.2, -0.15) is 0 Å². The van der Waals surface area contributed by atoms with E-state index in [0.717, 1.165) is 16.6 Å². The molecule has 2 nitrogen and oxygen atoms in total. The maximum absolute atomic E-state index is 5.31. The Morgan fingerprint density at radius 2 is 2.05 bits per heavy atom. The summed E-state index contributed by atoms with van der Waals surface area (Å²) >= 11 is 8.90. The Labute approximate surface area is 134 Å². The van der Waals surface area contributed by atoms with Crippen LogP contribution in [-0.2, 0) is 6.42 Å². The van der Waals surface area contributed by atoms with Gasteiger partial charge >= 0.3 is 0 Å². The molecule has 0 saturated heterocycles. The van der Waals surface area contributed by atoms with Crippen LogP contribution in [-0.4, -0.2) is 14.2 Å². The molecule has 0 saturated carbocycles. The summed E-state index contributed by atoms with van der Waals surface area (Å²) in [4.78, 5) is 1.35. The van der Waals surface area contributed by atoms with Gasteiger partial charge in [0.05, 0.1) is 10.9 Å². The van der Waals surface area contributed by atoms with Gasteiger partial charge in [0.25, 0.3) is 0 Å². The van der Waals surface area contributed by atoms with Crippen molar-refractivity contribution in [2.24, 2.45) is 0 Å². The molecule has 0 spiro atoms. The van der Waals surface area contributed by atoms with Gasteiger partial charge in [0, 0.05) is 21.8 Å². The summed E-state index contributed by atoms with van der Waals surface area (Å²) in [6.07, 6.45) is 0.957. The normalized spacial score (nSPS) is 12.4. The molecule has 0 aliphatic heterocycles. The molecule has 0 amide bonds. The number of nitrogens with one attached hydrogen (secondary N) is 1. The van der Waals surface area contributed by atoms with Crippen molar-refractivity contribution in [1.82, 2.24) is 5.32 Å². The van der Waals surface area contributed by atoms with Crippen LogP contribution in [0.15, 0.2) is 38.6 Å². The standard InChI is InChI=1S/C14H15Br2NOS/c1-17-13(8-10-4-6-14(16)19-10)11-7-9(18-2)3-5-12(11)15/h3-7,13,17H,8H2,1-2H3. The topological polar surface area (TPSA) is 21.3 Å². The van der Waals surface area contributed by atoms with E-state index in [0.29, 0.717) is 0 Å². The van der Waals surface area contributed by atoms with E-state index in [9.17, 15) is 0 Å². The van der Waals surface area contributed by atoms with Crippen LogP contribution in [0.25, 0.3) is 0 Å². The summed E-state index contributed by atoms with van der Waals surface area (Å²) in [5, 5.41) is 3.37. The van der Waals surface area contributed by atoms with Crippen molar-refractivity contribution in [3.05, 3.63) is 49.0 Å². The zero-order valence-corrected chi connectivity index (χ0v) is 14.7. The third-order valence-corrected chi connectivity index (χ3v) is 5.33. The van der Waals surface area contributed by atoms with Crippen molar-refractivity contribution in [1.29, 1.82) is 0 Å². The second-order valence-corrected chi connectivity index (χ2v) is 7.54. The highest BCUT2D eigenvalue weighted by Crippen LogP contribution is 2.32. The summed E-state index contributed by atoms with van der Waals surface area (Å²) in [6.45, 7) is 0. The zero-order valence-electron chi connectivity index (χ0n) is 10.7. The third-order valence-electron chi connectivity index (χ3n) is 2.96. The minimum Gasteiger partial charge on any atom is -0.497 e. The molecule has 1 aromatic heterocycles. The summed E-state index contributed by atoms with van der Waals surface area (Å²) in [5.41, 5.74) is 1.21. The molecule has 1 atom stereocenters. The van der Waals surface area contributed by atoms with Crippen LogP contribution < -0.4 is 10.1 Å². The molecule has 1 aromatic carbocycles. The van der Waals surface area contributed by atoms with Crippen LogP contribution >= 0.6 is 43.2 Å². The molecule has 1 N–H and O–H groups in total. The van der Waals surface area contributed by atoms with Gasteiger partial charge in [0.2, 0.25) is 0 Å². The molecule has 0 aliphatic rings. The molecule has 0 aliphatic carbocycles. The predicted molar refractivity (Wildman–Crippen MR) is 88.2 cm³/mol. The van der Waals surface area contributed by atoms with Crippen molar-refractivity contribution in [2.75, 3.05) is 14.2 Å². The van der Waals surface area contributed by atoms with Crippen LogP contribution in [0.4, 0.5) is 0 Å². The van der Waals surface area contributed by atoms with E-state index in [4.69, 9.17) is 4.74 Å². The van der Waals surface area contributed by atoms with Gasteiger partial charge in [-0.1, -0.05) is 15.9 Å². The highest BCUT2D eigenvalue weighted by atomic mass is 79.9. The van der Waals surface area contributed by atoms with Gasteiger partial charge < -0.3 is 10.1 Å². The van der Waals surface area contributed by atoms with Crippen LogP contribution in [0.5, 0.6) is 5.75 Å². The quantitative estimate of drug-likeness (QED) is 0.773. The number of hydrogen-bond donors (Lipinski definition) is 1. The number of rotatable bonds is 5. The first kappa shape index (κ1) is 15.0. The van der Waals surface area contributed by atoms with Gasteiger partial charge in [-0.3, -0.25) is 0 Å². The van der Waals surface area contributed by atoms with Gasteiger partial charge in [-0.15, -0.1) is 11.3 Å². The van der Waals surface area contributed by atoms with Gasteiger partial charge in [0.1, 0.15) is 5.75 Å². The predicted octanol–water partition coefficient (Wildman–Crippen LogP) is 4.78.